The van der Waals surface area contributed by atoms with Gasteiger partial charge in [0.2, 0.25) is 5.95 Å². The van der Waals surface area contributed by atoms with E-state index in [1.54, 1.807) is 11.3 Å². The number of thiophene rings is 1. The van der Waals surface area contributed by atoms with Crippen molar-refractivity contribution in [2.45, 2.75) is 6.42 Å². The molecule has 1 amide bonds. The maximum atomic E-state index is 13.0. The second kappa shape index (κ2) is 11.5. The quantitative estimate of drug-likeness (QED) is 0.280. The molecule has 0 spiro atoms. The van der Waals surface area contributed by atoms with Crippen LogP contribution in [0, 0.1) is 5.82 Å². The molecule has 0 atom stereocenters. The molecule has 10 heteroatoms. The van der Waals surface area contributed by atoms with Crippen molar-refractivity contribution in [3.05, 3.63) is 71.4 Å². The minimum atomic E-state index is -0.359. The highest BCUT2D eigenvalue weighted by molar-refractivity contribution is 7.17. The number of aromatic nitrogens is 2. The number of amides is 1. The van der Waals surface area contributed by atoms with Gasteiger partial charge in [0.05, 0.1) is 10.2 Å². The first-order valence-electron chi connectivity index (χ1n) is 12.4. The van der Waals surface area contributed by atoms with E-state index in [0.29, 0.717) is 31.0 Å². The number of nitrogens with one attached hydrogen (secondary N) is 3. The van der Waals surface area contributed by atoms with Crippen LogP contribution in [-0.4, -0.2) is 67.1 Å². The number of likely N-dealkylation sites (N-methyl/N-ethyl adjacent to an activating group) is 1. The van der Waals surface area contributed by atoms with Gasteiger partial charge in [-0.05, 0) is 73.4 Å². The third kappa shape index (κ3) is 6.33. The molecular weight excluding hydrogens is 489 g/mol. The van der Waals surface area contributed by atoms with E-state index in [9.17, 15) is 9.18 Å². The molecule has 192 valence electrons. The topological polar surface area (TPSA) is 85.4 Å². The number of benzene rings is 2. The van der Waals surface area contributed by atoms with Gasteiger partial charge in [0.15, 0.2) is 0 Å². The predicted octanol–water partition coefficient (Wildman–Crippen LogP) is 4.56. The lowest BCUT2D eigenvalue weighted by molar-refractivity contribution is 0.0953. The minimum absolute atomic E-state index is 0.215. The Balaban J connectivity index is 1.16. The van der Waals surface area contributed by atoms with Crippen molar-refractivity contribution in [1.29, 1.82) is 0 Å². The number of carbonyl (C=O) groups is 1. The van der Waals surface area contributed by atoms with E-state index in [-0.39, 0.29) is 11.7 Å². The average molecular weight is 520 g/mol. The van der Waals surface area contributed by atoms with Gasteiger partial charge in [-0.15, -0.1) is 11.3 Å². The third-order valence-electron chi connectivity index (χ3n) is 6.33. The lowest BCUT2D eigenvalue weighted by Gasteiger charge is -2.34. The maximum absolute atomic E-state index is 13.0. The van der Waals surface area contributed by atoms with Crippen LogP contribution in [0.3, 0.4) is 0 Å². The number of hydrogen-bond donors (Lipinski definition) is 3. The lowest BCUT2D eigenvalue weighted by Crippen LogP contribution is -2.44. The summed E-state index contributed by atoms with van der Waals surface area (Å²) in [6.07, 6.45) is 0.709. The van der Waals surface area contributed by atoms with Crippen LogP contribution in [0.2, 0.25) is 0 Å². The van der Waals surface area contributed by atoms with Gasteiger partial charge in [-0.2, -0.15) is 4.98 Å². The highest BCUT2D eigenvalue weighted by Gasteiger charge is 2.14. The normalized spacial score (nSPS) is 14.1. The monoisotopic (exact) mass is 519 g/mol. The van der Waals surface area contributed by atoms with Crippen molar-refractivity contribution < 1.29 is 9.18 Å². The van der Waals surface area contributed by atoms with E-state index in [2.05, 4.69) is 62.0 Å². The molecule has 1 aliphatic rings. The van der Waals surface area contributed by atoms with Crippen molar-refractivity contribution in [3.63, 3.8) is 0 Å². The molecule has 2 aromatic heterocycles. The molecular formula is C27H30FN7OS. The third-order valence-corrected chi connectivity index (χ3v) is 7.24. The number of nitrogens with zero attached hydrogens (tertiary/aromatic N) is 4. The van der Waals surface area contributed by atoms with Crippen LogP contribution in [0.25, 0.3) is 10.2 Å². The molecule has 3 N–H and O–H groups in total. The number of fused-ring (bicyclic) bond motifs is 1. The summed E-state index contributed by atoms with van der Waals surface area (Å²) in [5.74, 6) is 0.724. The van der Waals surface area contributed by atoms with E-state index >= 15 is 0 Å². The van der Waals surface area contributed by atoms with E-state index in [4.69, 9.17) is 4.98 Å². The summed E-state index contributed by atoms with van der Waals surface area (Å²) in [4.78, 5) is 26.3. The van der Waals surface area contributed by atoms with E-state index in [1.807, 2.05) is 11.4 Å². The SMILES string of the molecule is CN1CCN(c2ccc(Nc3nc(NCCCNC(=O)c4ccc(F)cc4)c4sccc4n3)cc2)CC1. The molecule has 0 radical (unpaired) electrons. The molecule has 1 saturated heterocycles. The van der Waals surface area contributed by atoms with Crippen LogP contribution in [0.5, 0.6) is 0 Å². The number of anilines is 4. The van der Waals surface area contributed by atoms with Gasteiger partial charge in [-0.3, -0.25) is 4.79 Å². The van der Waals surface area contributed by atoms with E-state index in [0.717, 1.165) is 47.9 Å². The summed E-state index contributed by atoms with van der Waals surface area (Å²) in [6.45, 7) is 5.34. The summed E-state index contributed by atoms with van der Waals surface area (Å²) in [7, 11) is 2.16. The Bertz CT molecular complexity index is 1340. The molecule has 0 aliphatic carbocycles. The Labute approximate surface area is 219 Å². The second-order valence-electron chi connectivity index (χ2n) is 9.04. The zero-order valence-electron chi connectivity index (χ0n) is 20.7. The van der Waals surface area contributed by atoms with Crippen LogP contribution in [-0.2, 0) is 0 Å². The Morgan fingerprint density at radius 3 is 2.49 bits per heavy atom. The summed E-state index contributed by atoms with van der Waals surface area (Å²) in [6, 6.07) is 15.9. The molecule has 5 rings (SSSR count). The molecule has 0 unspecified atom stereocenters. The van der Waals surface area contributed by atoms with Crippen molar-refractivity contribution in [3.8, 4) is 0 Å². The summed E-state index contributed by atoms with van der Waals surface area (Å²) in [5.41, 5.74) is 3.48. The number of hydrogen-bond acceptors (Lipinski definition) is 8. The second-order valence-corrected chi connectivity index (χ2v) is 9.95. The fourth-order valence-corrected chi connectivity index (χ4v) is 4.99. The molecule has 37 heavy (non-hydrogen) atoms. The molecule has 3 heterocycles. The number of carbonyl (C=O) groups excluding carboxylic acids is 1. The van der Waals surface area contributed by atoms with Crippen molar-refractivity contribution in [2.24, 2.45) is 0 Å². The zero-order chi connectivity index (χ0) is 25.6. The first kappa shape index (κ1) is 24.9. The summed E-state index contributed by atoms with van der Waals surface area (Å²) < 4.78 is 14.0. The fraction of sp³-hybridized carbons (Fsp3) is 0.296. The lowest BCUT2D eigenvalue weighted by atomic mass is 10.2. The van der Waals surface area contributed by atoms with Gasteiger partial charge in [0, 0.05) is 56.2 Å². The van der Waals surface area contributed by atoms with Crippen molar-refractivity contribution in [1.82, 2.24) is 20.2 Å². The van der Waals surface area contributed by atoms with Crippen LogP contribution >= 0.6 is 11.3 Å². The Kier molecular flexibility index (Phi) is 7.76. The fourth-order valence-electron chi connectivity index (χ4n) is 4.19. The minimum Gasteiger partial charge on any atom is -0.369 e. The summed E-state index contributed by atoms with van der Waals surface area (Å²) >= 11 is 1.59. The van der Waals surface area contributed by atoms with Gasteiger partial charge < -0.3 is 25.8 Å². The molecule has 2 aromatic carbocycles. The van der Waals surface area contributed by atoms with E-state index < -0.39 is 0 Å². The highest BCUT2D eigenvalue weighted by Crippen LogP contribution is 2.29. The maximum Gasteiger partial charge on any atom is 0.251 e. The van der Waals surface area contributed by atoms with Crippen LogP contribution in [0.15, 0.2) is 60.0 Å². The van der Waals surface area contributed by atoms with Crippen LogP contribution in [0.1, 0.15) is 16.8 Å². The average Bonchev–Trinajstić information content (AvgIpc) is 3.39. The largest absolute Gasteiger partial charge is 0.369 e. The highest BCUT2D eigenvalue weighted by atomic mass is 32.1. The predicted molar refractivity (Wildman–Crippen MR) is 149 cm³/mol. The number of rotatable bonds is 9. The molecule has 0 saturated carbocycles. The molecule has 0 bridgehead atoms. The number of piperazine rings is 1. The summed E-state index contributed by atoms with van der Waals surface area (Å²) in [5, 5.41) is 11.6. The van der Waals surface area contributed by atoms with Crippen molar-refractivity contribution in [2.75, 3.05) is 61.8 Å². The van der Waals surface area contributed by atoms with Gasteiger partial charge in [-0.25, -0.2) is 9.37 Å². The van der Waals surface area contributed by atoms with Gasteiger partial charge >= 0.3 is 0 Å². The van der Waals surface area contributed by atoms with Crippen LogP contribution < -0.4 is 20.9 Å². The molecule has 8 nitrogen and oxygen atoms in total. The van der Waals surface area contributed by atoms with Gasteiger partial charge in [0.25, 0.3) is 5.91 Å². The van der Waals surface area contributed by atoms with Gasteiger partial charge in [-0.1, -0.05) is 0 Å². The molecule has 1 fully saturated rings. The Morgan fingerprint density at radius 1 is 0.973 bits per heavy atom. The van der Waals surface area contributed by atoms with Gasteiger partial charge in [0.1, 0.15) is 11.6 Å². The van der Waals surface area contributed by atoms with Crippen molar-refractivity contribution >= 4 is 50.6 Å². The Hall–Kier alpha value is -3.76. The zero-order valence-corrected chi connectivity index (χ0v) is 21.5. The smallest absolute Gasteiger partial charge is 0.251 e. The first-order chi connectivity index (χ1) is 18.0. The van der Waals surface area contributed by atoms with Crippen LogP contribution in [0.4, 0.5) is 27.5 Å². The standard InChI is InChI=1S/C27H30FN7OS/c1-34-14-16-35(17-15-34)22-9-7-21(8-10-22)31-27-32-23-11-18-37-24(23)25(33-27)29-12-2-13-30-26(36)19-3-5-20(28)6-4-19/h3-11,18H,2,12-17H2,1H3,(H,30,36)(H2,29,31,32,33). The molecule has 1 aliphatic heterocycles. The Morgan fingerprint density at radius 2 is 1.73 bits per heavy atom. The number of halogens is 1. The van der Waals surface area contributed by atoms with E-state index in [1.165, 1.54) is 30.0 Å². The molecule has 4 aromatic rings. The first-order valence-corrected chi connectivity index (χ1v) is 13.3.